The number of hydrazone groups is 2. The minimum absolute atomic E-state index is 0.0398. The number of rotatable bonds is 22. The van der Waals surface area contributed by atoms with Crippen LogP contribution in [0.4, 0.5) is 0 Å². The second kappa shape index (κ2) is 21.1. The molecule has 12 nitrogen and oxygen atoms in total. The smallest absolute Gasteiger partial charge is 0.305 e. The molecule has 52 heavy (non-hydrogen) atoms. The van der Waals surface area contributed by atoms with Gasteiger partial charge in [-0.15, -0.1) is 0 Å². The first-order chi connectivity index (χ1) is 24.8. The van der Waals surface area contributed by atoms with E-state index in [1.807, 2.05) is 27.7 Å². The highest BCUT2D eigenvalue weighted by atomic mass is 32.2. The molecule has 0 aliphatic rings. The summed E-state index contributed by atoms with van der Waals surface area (Å²) in [6, 6.07) is 19.6. The van der Waals surface area contributed by atoms with Gasteiger partial charge in [0.25, 0.3) is 20.0 Å². The first-order valence-corrected chi connectivity index (χ1v) is 20.5. The van der Waals surface area contributed by atoms with Gasteiger partial charge >= 0.3 is 11.9 Å². The minimum atomic E-state index is -4.02. The summed E-state index contributed by atoms with van der Waals surface area (Å²) >= 11 is 0. The number of hydrogen-bond acceptors (Lipinski definition) is 10. The lowest BCUT2D eigenvalue weighted by Crippen LogP contribution is -2.22. The molecule has 2 N–H and O–H groups in total. The van der Waals surface area contributed by atoms with Crippen LogP contribution in [0.1, 0.15) is 100 Å². The maximum Gasteiger partial charge on any atom is 0.305 e. The summed E-state index contributed by atoms with van der Waals surface area (Å²) < 4.78 is 63.1. The van der Waals surface area contributed by atoms with Gasteiger partial charge < -0.3 is 9.47 Å². The van der Waals surface area contributed by atoms with Crippen molar-refractivity contribution in [2.24, 2.45) is 10.2 Å². The van der Waals surface area contributed by atoms with E-state index in [0.717, 1.165) is 36.8 Å². The number of benzene rings is 3. The molecule has 0 aliphatic carbocycles. The Morgan fingerprint density at radius 3 is 1.33 bits per heavy atom. The molecule has 0 aromatic heterocycles. The number of unbranched alkanes of at least 4 members (excludes halogenated alkanes) is 2. The van der Waals surface area contributed by atoms with E-state index in [-0.39, 0.29) is 47.4 Å². The molecule has 3 aromatic carbocycles. The van der Waals surface area contributed by atoms with E-state index in [9.17, 15) is 26.4 Å². The summed E-state index contributed by atoms with van der Waals surface area (Å²) in [6.45, 7) is 8.37. The largest absolute Gasteiger partial charge is 0.466 e. The van der Waals surface area contributed by atoms with E-state index >= 15 is 0 Å². The fourth-order valence-corrected chi connectivity index (χ4v) is 6.44. The third-order valence-corrected chi connectivity index (χ3v) is 10.4. The molecule has 0 unspecified atom stereocenters. The van der Waals surface area contributed by atoms with Crippen LogP contribution in [0.2, 0.25) is 0 Å². The Hall–Kier alpha value is -4.56. The quantitative estimate of drug-likeness (QED) is 0.0495. The third kappa shape index (κ3) is 14.2. The molecule has 0 bridgehead atoms. The number of esters is 2. The lowest BCUT2D eigenvalue weighted by molar-refractivity contribution is -0.144. The molecule has 0 aliphatic heterocycles. The number of nitrogens with zero attached hydrogens (tertiary/aromatic N) is 2. The van der Waals surface area contributed by atoms with E-state index in [2.05, 4.69) is 19.9 Å². The fraction of sp³-hybridized carbons (Fsp3) is 0.421. The van der Waals surface area contributed by atoms with Crippen molar-refractivity contribution in [2.45, 2.75) is 102 Å². The second-order valence-electron chi connectivity index (χ2n) is 12.4. The number of nitrogens with one attached hydrogen (secondary N) is 2. The van der Waals surface area contributed by atoms with Gasteiger partial charge in [-0.05, 0) is 93.8 Å². The summed E-state index contributed by atoms with van der Waals surface area (Å²) in [4.78, 5) is 29.4. The average molecular weight is 755 g/mol. The normalized spacial score (nSPS) is 12.3. The van der Waals surface area contributed by atoms with E-state index < -0.39 is 20.0 Å². The molecule has 0 saturated carbocycles. The molecule has 0 heterocycles. The monoisotopic (exact) mass is 754 g/mol. The summed E-state index contributed by atoms with van der Waals surface area (Å²) in [5, 5.41) is 8.61. The van der Waals surface area contributed by atoms with Gasteiger partial charge in [0.15, 0.2) is 0 Å². The van der Waals surface area contributed by atoms with Crippen LogP contribution in [0.25, 0.3) is 0 Å². The van der Waals surface area contributed by atoms with Crippen molar-refractivity contribution in [3.63, 3.8) is 0 Å². The molecule has 0 spiro atoms. The summed E-state index contributed by atoms with van der Waals surface area (Å²) in [7, 11) is -8.04. The minimum Gasteiger partial charge on any atom is -0.466 e. The summed E-state index contributed by atoms with van der Waals surface area (Å²) in [5.74, 6) is -0.712. The van der Waals surface area contributed by atoms with Crippen molar-refractivity contribution >= 4 is 43.4 Å². The maximum atomic E-state index is 13.1. The highest BCUT2D eigenvalue weighted by Crippen LogP contribution is 2.17. The van der Waals surface area contributed by atoms with Gasteiger partial charge in [0.05, 0.1) is 34.4 Å². The van der Waals surface area contributed by atoms with E-state index in [4.69, 9.17) is 9.47 Å². The zero-order valence-corrected chi connectivity index (χ0v) is 32.0. The molecule has 0 saturated heterocycles. The molecular weight excluding hydrogens is 705 g/mol. The molecule has 0 fully saturated rings. The Morgan fingerprint density at radius 2 is 0.962 bits per heavy atom. The molecule has 0 amide bonds. The Balaban J connectivity index is 1.94. The Labute approximate surface area is 308 Å². The number of hydrogen-bond donors (Lipinski definition) is 2. The van der Waals surface area contributed by atoms with Crippen molar-refractivity contribution in [1.29, 1.82) is 0 Å². The second-order valence-corrected chi connectivity index (χ2v) is 15.7. The van der Waals surface area contributed by atoms with Crippen LogP contribution in [0.3, 0.4) is 0 Å². The van der Waals surface area contributed by atoms with E-state index in [1.54, 1.807) is 48.5 Å². The van der Waals surface area contributed by atoms with E-state index in [0.29, 0.717) is 48.6 Å². The van der Waals surface area contributed by atoms with Crippen molar-refractivity contribution in [1.82, 2.24) is 9.66 Å². The van der Waals surface area contributed by atoms with Crippen molar-refractivity contribution in [3.05, 3.63) is 95.1 Å². The zero-order chi connectivity index (χ0) is 38.0. The van der Waals surface area contributed by atoms with Crippen molar-refractivity contribution in [2.75, 3.05) is 13.2 Å². The van der Waals surface area contributed by atoms with Crippen molar-refractivity contribution < 1.29 is 35.9 Å². The van der Waals surface area contributed by atoms with Crippen molar-refractivity contribution in [3.8, 4) is 0 Å². The first-order valence-electron chi connectivity index (χ1n) is 17.6. The number of ether oxygens (including phenoxy) is 2. The Bertz CT molecular complexity index is 1760. The number of carbonyl (C=O) groups is 2. The SMILES string of the molecule is CCCCOC(=O)CCC/C(=N/NS(=O)(=O)c1ccc(C)cc1)c1cccc(/C(CCCC(=O)OCCCC)=N/NS(=O)(=O)c2ccc(C)cc2)c1. The van der Waals surface area contributed by atoms with Crippen LogP contribution in [0.15, 0.2) is 92.8 Å². The van der Waals surface area contributed by atoms with Gasteiger partial charge in [-0.2, -0.15) is 36.7 Å². The van der Waals surface area contributed by atoms with Crippen LogP contribution in [0.5, 0.6) is 0 Å². The van der Waals surface area contributed by atoms with Gasteiger partial charge in [0.2, 0.25) is 0 Å². The van der Waals surface area contributed by atoms with Gasteiger partial charge in [-0.25, -0.2) is 0 Å². The zero-order valence-electron chi connectivity index (χ0n) is 30.4. The number of carbonyl (C=O) groups excluding carboxylic acids is 2. The topological polar surface area (TPSA) is 170 Å². The van der Waals surface area contributed by atoms with E-state index in [1.165, 1.54) is 24.3 Å². The predicted octanol–water partition coefficient (Wildman–Crippen LogP) is 6.70. The Morgan fingerprint density at radius 1 is 0.577 bits per heavy atom. The fourth-order valence-electron chi connectivity index (χ4n) is 4.78. The van der Waals surface area contributed by atoms with Gasteiger partial charge in [0, 0.05) is 12.8 Å². The molecular formula is C38H50N4O8S2. The molecule has 3 aromatic rings. The molecule has 14 heteroatoms. The summed E-state index contributed by atoms with van der Waals surface area (Å²) in [6.07, 6.45) is 4.62. The van der Waals surface area contributed by atoms with Gasteiger partial charge in [-0.3, -0.25) is 9.59 Å². The lowest BCUT2D eigenvalue weighted by Gasteiger charge is -2.13. The highest BCUT2D eigenvalue weighted by Gasteiger charge is 2.17. The van der Waals surface area contributed by atoms with Gasteiger partial charge in [-0.1, -0.05) is 80.3 Å². The standard InChI is InChI=1S/C38H50N4O8S2/c1-5-7-26-49-37(43)16-10-14-35(39-41-51(45,46)33-22-18-29(3)19-23-33)31-12-9-13-32(28-31)36(15-11-17-38(44)50-27-8-6-2)40-42-52(47,48)34-24-20-30(4)21-25-34/h9,12-13,18-25,28,41-42H,5-8,10-11,14-17,26-27H2,1-4H3/b39-35-,40-36+. The molecule has 0 radical (unpaired) electrons. The first kappa shape index (κ1) is 41.9. The molecule has 3 rings (SSSR count). The Kier molecular flexibility index (Phi) is 17.0. The van der Waals surface area contributed by atoms with Gasteiger partial charge in [0.1, 0.15) is 0 Å². The van der Waals surface area contributed by atoms with Crippen LogP contribution in [0, 0.1) is 13.8 Å². The predicted molar refractivity (Wildman–Crippen MR) is 202 cm³/mol. The van der Waals surface area contributed by atoms with Crippen LogP contribution >= 0.6 is 0 Å². The van der Waals surface area contributed by atoms with Crippen LogP contribution in [-0.4, -0.2) is 53.4 Å². The summed E-state index contributed by atoms with van der Waals surface area (Å²) in [5.41, 5.74) is 3.54. The lowest BCUT2D eigenvalue weighted by atomic mass is 9.98. The molecule has 0 atom stereocenters. The maximum absolute atomic E-state index is 13.1. The van der Waals surface area contributed by atoms with Crippen LogP contribution in [-0.2, 0) is 39.1 Å². The number of aryl methyl sites for hydroxylation is 2. The highest BCUT2D eigenvalue weighted by molar-refractivity contribution is 7.89. The average Bonchev–Trinajstić information content (AvgIpc) is 3.12. The number of sulfonamides is 2. The molecule has 282 valence electrons. The third-order valence-electron chi connectivity index (χ3n) is 7.90. The van der Waals surface area contributed by atoms with Crippen LogP contribution < -0.4 is 9.66 Å².